The van der Waals surface area contributed by atoms with Gasteiger partial charge in [0.25, 0.3) is 0 Å². The molecule has 0 bridgehead atoms. The van der Waals surface area contributed by atoms with Crippen molar-refractivity contribution in [3.8, 4) is 5.75 Å². The van der Waals surface area contributed by atoms with E-state index in [1.807, 2.05) is 56.3 Å². The summed E-state index contributed by atoms with van der Waals surface area (Å²) >= 11 is 9.38. The van der Waals surface area contributed by atoms with Crippen molar-refractivity contribution in [2.45, 2.75) is 33.0 Å². The fourth-order valence-corrected chi connectivity index (χ4v) is 3.02. The summed E-state index contributed by atoms with van der Waals surface area (Å²) in [5.41, 5.74) is 2.01. The Labute approximate surface area is 161 Å². The minimum Gasteiger partial charge on any atom is -0.488 e. The lowest BCUT2D eigenvalue weighted by molar-refractivity contribution is -0.140. The van der Waals surface area contributed by atoms with Gasteiger partial charge in [-0.15, -0.1) is 0 Å². The summed E-state index contributed by atoms with van der Waals surface area (Å²) in [6.45, 7) is 4.69. The molecule has 4 nitrogen and oxygen atoms in total. The van der Waals surface area contributed by atoms with Gasteiger partial charge >= 0.3 is 5.97 Å². The number of hydrogen-bond donors (Lipinski definition) is 2. The minimum atomic E-state index is -0.836. The Kier molecular flexibility index (Phi) is 7.29. The molecule has 134 valence electrons. The highest BCUT2D eigenvalue weighted by atomic mass is 79.9. The van der Waals surface area contributed by atoms with E-state index in [0.29, 0.717) is 18.2 Å². The summed E-state index contributed by atoms with van der Waals surface area (Å²) < 4.78 is 6.65. The topological polar surface area (TPSA) is 58.6 Å². The van der Waals surface area contributed by atoms with E-state index < -0.39 is 12.0 Å². The van der Waals surface area contributed by atoms with Crippen molar-refractivity contribution in [2.75, 3.05) is 0 Å². The van der Waals surface area contributed by atoms with Crippen molar-refractivity contribution >= 4 is 33.5 Å². The van der Waals surface area contributed by atoms with E-state index in [0.717, 1.165) is 21.3 Å². The summed E-state index contributed by atoms with van der Waals surface area (Å²) in [5.74, 6) is -0.0859. The molecule has 2 rings (SSSR count). The molecule has 0 aliphatic rings. The summed E-state index contributed by atoms with van der Waals surface area (Å²) in [5, 5.41) is 13.0. The summed E-state index contributed by atoms with van der Waals surface area (Å²) in [6.07, 6.45) is 0. The fraction of sp³-hybridized carbons (Fsp3) is 0.316. The van der Waals surface area contributed by atoms with Crippen LogP contribution in [0.4, 0.5) is 0 Å². The number of carboxylic acid groups (broad SMARTS) is 1. The van der Waals surface area contributed by atoms with Gasteiger partial charge in [0.1, 0.15) is 18.4 Å². The number of carbonyl (C=O) groups is 1. The Hall–Kier alpha value is -1.56. The van der Waals surface area contributed by atoms with Gasteiger partial charge in [0, 0.05) is 11.6 Å². The van der Waals surface area contributed by atoms with Crippen LogP contribution in [0.1, 0.15) is 25.0 Å². The molecule has 0 saturated heterocycles. The molecule has 0 aliphatic heterocycles. The predicted molar refractivity (Wildman–Crippen MR) is 103 cm³/mol. The molecular weight excluding hydrogens is 406 g/mol. The van der Waals surface area contributed by atoms with Crippen molar-refractivity contribution in [3.63, 3.8) is 0 Å². The van der Waals surface area contributed by atoms with Crippen LogP contribution in [0.2, 0.25) is 5.02 Å². The number of ether oxygens (including phenoxy) is 1. The zero-order valence-electron chi connectivity index (χ0n) is 14.1. The third-order valence-electron chi connectivity index (χ3n) is 3.76. The van der Waals surface area contributed by atoms with Crippen molar-refractivity contribution in [3.05, 3.63) is 63.1 Å². The Bertz CT molecular complexity index is 719. The maximum atomic E-state index is 11.2. The lowest BCUT2D eigenvalue weighted by atomic mass is 10.0. The highest BCUT2D eigenvalue weighted by Gasteiger charge is 2.20. The number of hydrogen-bond acceptors (Lipinski definition) is 3. The molecule has 0 spiro atoms. The Morgan fingerprint density at radius 3 is 2.40 bits per heavy atom. The molecule has 2 aromatic rings. The van der Waals surface area contributed by atoms with Gasteiger partial charge in [0.15, 0.2) is 0 Å². The molecule has 2 N–H and O–H groups in total. The molecule has 2 aromatic carbocycles. The van der Waals surface area contributed by atoms with Gasteiger partial charge in [-0.1, -0.05) is 43.6 Å². The first kappa shape index (κ1) is 19.8. The average Bonchev–Trinajstić information content (AvgIpc) is 2.55. The number of halogens is 2. The highest BCUT2D eigenvalue weighted by molar-refractivity contribution is 9.10. The number of benzene rings is 2. The zero-order chi connectivity index (χ0) is 18.4. The zero-order valence-corrected chi connectivity index (χ0v) is 16.5. The standard InChI is InChI=1S/C19H21BrClNO3/c1-12(2)18(19(23)24)22-10-14-5-8-17(16(20)9-14)25-11-13-3-6-15(21)7-4-13/h3-9,12,18,22H,10-11H2,1-2H3,(H,23,24). The van der Waals surface area contributed by atoms with Crippen molar-refractivity contribution < 1.29 is 14.6 Å². The number of rotatable bonds is 8. The summed E-state index contributed by atoms with van der Waals surface area (Å²) in [6, 6.07) is 12.7. The normalized spacial score (nSPS) is 12.2. The summed E-state index contributed by atoms with van der Waals surface area (Å²) in [4.78, 5) is 11.2. The first-order valence-corrected chi connectivity index (χ1v) is 9.15. The van der Waals surface area contributed by atoms with Crippen LogP contribution in [0.15, 0.2) is 46.9 Å². The molecule has 1 unspecified atom stereocenters. The number of aliphatic carboxylic acids is 1. The first-order valence-electron chi connectivity index (χ1n) is 7.98. The maximum Gasteiger partial charge on any atom is 0.320 e. The van der Waals surface area contributed by atoms with E-state index in [4.69, 9.17) is 16.3 Å². The predicted octanol–water partition coefficient (Wildman–Crippen LogP) is 4.88. The number of nitrogens with one attached hydrogen (secondary N) is 1. The van der Waals surface area contributed by atoms with Crippen LogP contribution in [0.5, 0.6) is 5.75 Å². The van der Waals surface area contributed by atoms with Crippen LogP contribution < -0.4 is 10.1 Å². The molecule has 0 fully saturated rings. The number of carboxylic acids is 1. The molecule has 0 saturated carbocycles. The molecule has 0 heterocycles. The second kappa shape index (κ2) is 9.22. The van der Waals surface area contributed by atoms with Crippen molar-refractivity contribution in [2.24, 2.45) is 5.92 Å². The van der Waals surface area contributed by atoms with Crippen molar-refractivity contribution in [1.29, 1.82) is 0 Å². The molecule has 0 radical (unpaired) electrons. The average molecular weight is 427 g/mol. The SMILES string of the molecule is CC(C)C(NCc1ccc(OCc2ccc(Cl)cc2)c(Br)c1)C(=O)O. The van der Waals surface area contributed by atoms with Gasteiger partial charge < -0.3 is 15.2 Å². The molecule has 0 aliphatic carbocycles. The minimum absolute atomic E-state index is 0.0166. The van der Waals surface area contributed by atoms with Gasteiger partial charge in [-0.05, 0) is 57.2 Å². The maximum absolute atomic E-state index is 11.2. The highest BCUT2D eigenvalue weighted by Crippen LogP contribution is 2.27. The van der Waals surface area contributed by atoms with E-state index >= 15 is 0 Å². The monoisotopic (exact) mass is 425 g/mol. The van der Waals surface area contributed by atoms with E-state index in [2.05, 4.69) is 21.2 Å². The van der Waals surface area contributed by atoms with Crippen LogP contribution in [-0.4, -0.2) is 17.1 Å². The molecular formula is C19H21BrClNO3. The second-order valence-electron chi connectivity index (χ2n) is 6.12. The lowest BCUT2D eigenvalue weighted by Gasteiger charge is -2.18. The van der Waals surface area contributed by atoms with Crippen LogP contribution in [0, 0.1) is 5.92 Å². The van der Waals surface area contributed by atoms with Crippen LogP contribution in [-0.2, 0) is 17.9 Å². The third kappa shape index (κ3) is 6.03. The van der Waals surface area contributed by atoms with E-state index in [9.17, 15) is 9.90 Å². The van der Waals surface area contributed by atoms with Gasteiger partial charge in [0.2, 0.25) is 0 Å². The largest absolute Gasteiger partial charge is 0.488 e. The molecule has 1 atom stereocenters. The molecule has 6 heteroatoms. The van der Waals surface area contributed by atoms with Gasteiger partial charge in [-0.2, -0.15) is 0 Å². The third-order valence-corrected chi connectivity index (χ3v) is 4.63. The van der Waals surface area contributed by atoms with E-state index in [1.54, 1.807) is 0 Å². The fourth-order valence-electron chi connectivity index (χ4n) is 2.35. The van der Waals surface area contributed by atoms with Crippen LogP contribution in [0.25, 0.3) is 0 Å². The Morgan fingerprint density at radius 2 is 1.84 bits per heavy atom. The van der Waals surface area contributed by atoms with Crippen LogP contribution >= 0.6 is 27.5 Å². The van der Waals surface area contributed by atoms with E-state index in [-0.39, 0.29) is 5.92 Å². The van der Waals surface area contributed by atoms with Gasteiger partial charge in [-0.25, -0.2) is 0 Å². The smallest absolute Gasteiger partial charge is 0.320 e. The second-order valence-corrected chi connectivity index (χ2v) is 7.41. The summed E-state index contributed by atoms with van der Waals surface area (Å²) in [7, 11) is 0. The van der Waals surface area contributed by atoms with E-state index in [1.165, 1.54) is 0 Å². The van der Waals surface area contributed by atoms with Gasteiger partial charge in [0.05, 0.1) is 4.47 Å². The molecule has 0 amide bonds. The quantitative estimate of drug-likeness (QED) is 0.631. The first-order chi connectivity index (χ1) is 11.9. The van der Waals surface area contributed by atoms with Gasteiger partial charge in [-0.3, -0.25) is 4.79 Å². The Balaban J connectivity index is 1.95. The molecule has 25 heavy (non-hydrogen) atoms. The Morgan fingerprint density at radius 1 is 1.20 bits per heavy atom. The lowest BCUT2D eigenvalue weighted by Crippen LogP contribution is -2.40. The molecule has 0 aromatic heterocycles. The van der Waals surface area contributed by atoms with Crippen LogP contribution in [0.3, 0.4) is 0 Å². The van der Waals surface area contributed by atoms with Crippen molar-refractivity contribution in [1.82, 2.24) is 5.32 Å².